The van der Waals surface area contributed by atoms with Crippen LogP contribution >= 0.6 is 0 Å². The van der Waals surface area contributed by atoms with Crippen LogP contribution in [0.25, 0.3) is 0 Å². The summed E-state index contributed by atoms with van der Waals surface area (Å²) in [5.74, 6) is -0.998. The number of rotatable bonds is 8. The standard InChI is InChI=1S/C20H23NO6/c1-5-25-20(24)19-13(3)18(14(4)21-19)15(22)10-27-17(23)11-26-16-9-7-6-8-12(16)2/h6-9,21H,5,10-11H2,1-4H3. The number of aromatic amines is 1. The number of H-pyrrole nitrogens is 1. The molecule has 2 aromatic rings. The van der Waals surface area contributed by atoms with Gasteiger partial charge in [-0.05, 0) is 44.9 Å². The number of hydrogen-bond acceptors (Lipinski definition) is 6. The van der Waals surface area contributed by atoms with Gasteiger partial charge >= 0.3 is 11.9 Å². The first-order chi connectivity index (χ1) is 12.8. The molecule has 1 aromatic carbocycles. The molecule has 0 aliphatic heterocycles. The minimum atomic E-state index is -0.650. The third kappa shape index (κ3) is 4.97. The van der Waals surface area contributed by atoms with Gasteiger partial charge in [-0.3, -0.25) is 4.79 Å². The fourth-order valence-corrected chi connectivity index (χ4v) is 2.69. The van der Waals surface area contributed by atoms with Gasteiger partial charge in [0.05, 0.1) is 6.61 Å². The number of Topliss-reactive ketones (excluding diaryl/α,β-unsaturated/α-hetero) is 1. The van der Waals surface area contributed by atoms with E-state index in [1.807, 2.05) is 19.1 Å². The first-order valence-corrected chi connectivity index (χ1v) is 8.58. The molecule has 1 aromatic heterocycles. The molecule has 0 atom stereocenters. The molecule has 0 unspecified atom stereocenters. The lowest BCUT2D eigenvalue weighted by atomic mass is 10.1. The van der Waals surface area contributed by atoms with E-state index in [2.05, 4.69) is 4.98 Å². The van der Waals surface area contributed by atoms with Crippen molar-refractivity contribution < 1.29 is 28.6 Å². The third-order valence-electron chi connectivity index (χ3n) is 4.00. The number of para-hydroxylation sites is 1. The Morgan fingerprint density at radius 2 is 1.70 bits per heavy atom. The van der Waals surface area contributed by atoms with Crippen LogP contribution in [0.4, 0.5) is 0 Å². The zero-order chi connectivity index (χ0) is 20.0. The van der Waals surface area contributed by atoms with E-state index in [9.17, 15) is 14.4 Å². The number of carbonyl (C=O) groups excluding carboxylic acids is 3. The smallest absolute Gasteiger partial charge is 0.355 e. The molecule has 144 valence electrons. The molecule has 7 nitrogen and oxygen atoms in total. The molecule has 0 fully saturated rings. The number of ketones is 1. The second kappa shape index (κ2) is 9.02. The summed E-state index contributed by atoms with van der Waals surface area (Å²) in [6.45, 7) is 6.39. The Kier molecular flexibility index (Phi) is 6.76. The maximum Gasteiger partial charge on any atom is 0.355 e. The molecular formula is C20H23NO6. The molecule has 7 heteroatoms. The van der Waals surface area contributed by atoms with Crippen LogP contribution in [0.2, 0.25) is 0 Å². The van der Waals surface area contributed by atoms with E-state index >= 15 is 0 Å². The normalized spacial score (nSPS) is 10.4. The molecule has 1 heterocycles. The molecule has 0 radical (unpaired) electrons. The maximum absolute atomic E-state index is 12.4. The Morgan fingerprint density at radius 3 is 2.37 bits per heavy atom. The van der Waals surface area contributed by atoms with Gasteiger partial charge in [-0.2, -0.15) is 0 Å². The molecule has 0 aliphatic carbocycles. The molecule has 0 spiro atoms. The Morgan fingerprint density at radius 1 is 1.00 bits per heavy atom. The SMILES string of the molecule is CCOC(=O)c1[nH]c(C)c(C(=O)COC(=O)COc2ccccc2C)c1C. The van der Waals surface area contributed by atoms with Crippen LogP contribution in [-0.4, -0.2) is 42.5 Å². The summed E-state index contributed by atoms with van der Waals surface area (Å²) in [4.78, 5) is 39.0. The zero-order valence-electron chi connectivity index (χ0n) is 15.9. The van der Waals surface area contributed by atoms with Crippen LogP contribution in [0.3, 0.4) is 0 Å². The predicted octanol–water partition coefficient (Wildman–Crippen LogP) is 2.92. The first kappa shape index (κ1) is 20.2. The molecule has 0 aliphatic rings. The summed E-state index contributed by atoms with van der Waals surface area (Å²) in [6.07, 6.45) is 0. The molecule has 1 N–H and O–H groups in total. The van der Waals surface area contributed by atoms with Crippen LogP contribution in [0.1, 0.15) is 44.6 Å². The minimum Gasteiger partial charge on any atom is -0.482 e. The number of esters is 2. The van der Waals surface area contributed by atoms with Crippen LogP contribution < -0.4 is 4.74 Å². The highest BCUT2D eigenvalue weighted by molar-refractivity contribution is 6.03. The second-order valence-electron chi connectivity index (χ2n) is 5.98. The van der Waals surface area contributed by atoms with Gasteiger partial charge in [0.25, 0.3) is 0 Å². The van der Waals surface area contributed by atoms with Gasteiger partial charge in [-0.15, -0.1) is 0 Å². The highest BCUT2D eigenvalue weighted by Gasteiger charge is 2.23. The molecule has 2 rings (SSSR count). The lowest BCUT2D eigenvalue weighted by Gasteiger charge is -2.09. The third-order valence-corrected chi connectivity index (χ3v) is 4.00. The number of aryl methyl sites for hydroxylation is 2. The fraction of sp³-hybridized carbons (Fsp3) is 0.350. The molecule has 0 saturated heterocycles. The largest absolute Gasteiger partial charge is 0.482 e. The molecular weight excluding hydrogens is 350 g/mol. The van der Waals surface area contributed by atoms with E-state index in [1.165, 1.54) is 0 Å². The second-order valence-corrected chi connectivity index (χ2v) is 5.98. The highest BCUT2D eigenvalue weighted by atomic mass is 16.6. The van der Waals surface area contributed by atoms with Crippen molar-refractivity contribution in [2.45, 2.75) is 27.7 Å². The van der Waals surface area contributed by atoms with Crippen molar-refractivity contribution in [2.24, 2.45) is 0 Å². The van der Waals surface area contributed by atoms with Gasteiger partial charge in [-0.1, -0.05) is 18.2 Å². The topological polar surface area (TPSA) is 94.7 Å². The van der Waals surface area contributed by atoms with Crippen molar-refractivity contribution >= 4 is 17.7 Å². The van der Waals surface area contributed by atoms with Crippen LogP contribution in [0.15, 0.2) is 24.3 Å². The Bertz CT molecular complexity index is 852. The molecule has 27 heavy (non-hydrogen) atoms. The van der Waals surface area contributed by atoms with Crippen molar-refractivity contribution in [2.75, 3.05) is 19.8 Å². The zero-order valence-corrected chi connectivity index (χ0v) is 15.9. The monoisotopic (exact) mass is 373 g/mol. The summed E-state index contributed by atoms with van der Waals surface area (Å²) in [5, 5.41) is 0. The van der Waals surface area contributed by atoms with E-state index in [0.29, 0.717) is 22.6 Å². The Labute approximate surface area is 157 Å². The maximum atomic E-state index is 12.4. The number of ether oxygens (including phenoxy) is 3. The van der Waals surface area contributed by atoms with Gasteiger partial charge in [0.2, 0.25) is 5.78 Å². The number of hydrogen-bond donors (Lipinski definition) is 1. The van der Waals surface area contributed by atoms with Crippen molar-refractivity contribution in [3.05, 3.63) is 52.3 Å². The predicted molar refractivity (Wildman–Crippen MR) is 98.2 cm³/mol. The van der Waals surface area contributed by atoms with E-state index in [4.69, 9.17) is 14.2 Å². The summed E-state index contributed by atoms with van der Waals surface area (Å²) >= 11 is 0. The van der Waals surface area contributed by atoms with Gasteiger partial charge in [0.1, 0.15) is 11.4 Å². The lowest BCUT2D eigenvalue weighted by Crippen LogP contribution is -2.20. The lowest BCUT2D eigenvalue weighted by molar-refractivity contribution is -0.144. The molecule has 0 saturated carbocycles. The number of nitrogens with one attached hydrogen (secondary N) is 1. The number of carbonyl (C=O) groups is 3. The highest BCUT2D eigenvalue weighted by Crippen LogP contribution is 2.20. The first-order valence-electron chi connectivity index (χ1n) is 8.58. The van der Waals surface area contributed by atoms with Crippen molar-refractivity contribution in [3.63, 3.8) is 0 Å². The molecule has 0 bridgehead atoms. The van der Waals surface area contributed by atoms with Crippen molar-refractivity contribution in [3.8, 4) is 5.75 Å². The van der Waals surface area contributed by atoms with E-state index in [-0.39, 0.29) is 18.9 Å². The number of benzene rings is 1. The van der Waals surface area contributed by atoms with Crippen molar-refractivity contribution in [1.29, 1.82) is 0 Å². The van der Waals surface area contributed by atoms with Gasteiger partial charge in [0.15, 0.2) is 13.2 Å². The van der Waals surface area contributed by atoms with Gasteiger partial charge in [-0.25, -0.2) is 9.59 Å². The summed E-state index contributed by atoms with van der Waals surface area (Å²) < 4.78 is 15.4. The Balaban J connectivity index is 1.94. The fourth-order valence-electron chi connectivity index (χ4n) is 2.69. The van der Waals surface area contributed by atoms with E-state index < -0.39 is 24.3 Å². The van der Waals surface area contributed by atoms with Crippen LogP contribution in [0, 0.1) is 20.8 Å². The van der Waals surface area contributed by atoms with E-state index in [0.717, 1.165) is 5.56 Å². The van der Waals surface area contributed by atoms with E-state index in [1.54, 1.807) is 32.9 Å². The van der Waals surface area contributed by atoms with Gasteiger partial charge < -0.3 is 19.2 Å². The van der Waals surface area contributed by atoms with Crippen LogP contribution in [0.5, 0.6) is 5.75 Å². The summed E-state index contributed by atoms with van der Waals surface area (Å²) in [7, 11) is 0. The average Bonchev–Trinajstić information content (AvgIpc) is 2.93. The minimum absolute atomic E-state index is 0.229. The van der Waals surface area contributed by atoms with Crippen LogP contribution in [-0.2, 0) is 14.3 Å². The summed E-state index contributed by atoms with van der Waals surface area (Å²) in [5.41, 5.74) is 2.44. The number of aromatic nitrogens is 1. The molecule has 0 amide bonds. The quantitative estimate of drug-likeness (QED) is 0.565. The average molecular weight is 373 g/mol. The summed E-state index contributed by atoms with van der Waals surface area (Å²) in [6, 6.07) is 7.28. The van der Waals surface area contributed by atoms with Gasteiger partial charge in [0, 0.05) is 11.3 Å². The Hall–Kier alpha value is -3.09. The van der Waals surface area contributed by atoms with Crippen molar-refractivity contribution in [1.82, 2.24) is 4.98 Å².